The van der Waals surface area contributed by atoms with E-state index in [0.717, 1.165) is 5.69 Å². The second-order valence-electron chi connectivity index (χ2n) is 7.70. The summed E-state index contributed by atoms with van der Waals surface area (Å²) in [6.07, 6.45) is 1.85. The van der Waals surface area contributed by atoms with Crippen molar-refractivity contribution >= 4 is 33.3 Å². The molecule has 0 saturated carbocycles. The minimum Gasteiger partial charge on any atom is -0.461 e. The highest BCUT2D eigenvalue weighted by Gasteiger charge is 2.40. The van der Waals surface area contributed by atoms with Crippen LogP contribution in [0.4, 0.5) is 5.69 Å². The van der Waals surface area contributed by atoms with E-state index in [1.165, 1.54) is 0 Å². The quantitative estimate of drug-likeness (QED) is 0.602. The molecule has 0 bridgehead atoms. The molecule has 10 heteroatoms. The largest absolute Gasteiger partial charge is 0.461 e. The number of hydrogen-bond acceptors (Lipinski definition) is 7. The molecule has 2 aliphatic heterocycles. The molecule has 170 valence electrons. The number of anilines is 1. The zero-order valence-electron chi connectivity index (χ0n) is 18.0. The summed E-state index contributed by atoms with van der Waals surface area (Å²) in [6.45, 7) is 4.69. The summed E-state index contributed by atoms with van der Waals surface area (Å²) in [6, 6.07) is 8.46. The van der Waals surface area contributed by atoms with E-state index in [4.69, 9.17) is 4.74 Å². The average molecular weight is 451 g/mol. The van der Waals surface area contributed by atoms with Gasteiger partial charge in [0.2, 0.25) is 15.9 Å². The smallest absolute Gasteiger partial charge is 0.354 e. The summed E-state index contributed by atoms with van der Waals surface area (Å²) in [5.41, 5.74) is 0.952. The lowest BCUT2D eigenvalue weighted by Crippen LogP contribution is -2.51. The summed E-state index contributed by atoms with van der Waals surface area (Å²) in [5.74, 6) is -0.529. The summed E-state index contributed by atoms with van der Waals surface area (Å²) < 4.78 is 31.9. The van der Waals surface area contributed by atoms with E-state index in [2.05, 4.69) is 9.82 Å². The highest BCUT2D eigenvalue weighted by molar-refractivity contribution is 7.89. The molecule has 3 rings (SSSR count). The Labute approximate surface area is 183 Å². The first kappa shape index (κ1) is 23.2. The number of sulfonamides is 1. The van der Waals surface area contributed by atoms with Crippen LogP contribution in [0.5, 0.6) is 0 Å². The molecule has 1 aromatic carbocycles. The van der Waals surface area contributed by atoms with Crippen molar-refractivity contribution in [3.05, 3.63) is 30.3 Å². The number of nitrogens with zero attached hydrogens (tertiary/aromatic N) is 3. The van der Waals surface area contributed by atoms with Crippen LogP contribution in [-0.4, -0.2) is 68.4 Å². The first-order valence-corrected chi connectivity index (χ1v) is 12.4. The summed E-state index contributed by atoms with van der Waals surface area (Å²) in [7, 11) is -3.28. The van der Waals surface area contributed by atoms with Crippen molar-refractivity contribution in [2.24, 2.45) is 5.10 Å². The van der Waals surface area contributed by atoms with Gasteiger partial charge < -0.3 is 9.64 Å². The number of likely N-dealkylation sites (tertiary alicyclic amines) is 1. The number of piperidine rings is 1. The second kappa shape index (κ2) is 10.2. The van der Waals surface area contributed by atoms with Crippen molar-refractivity contribution in [2.45, 2.75) is 51.6 Å². The number of amides is 1. The Hall–Kier alpha value is -2.46. The van der Waals surface area contributed by atoms with Crippen LogP contribution in [0.25, 0.3) is 0 Å². The number of para-hydroxylation sites is 1. The zero-order valence-corrected chi connectivity index (χ0v) is 18.8. The average Bonchev–Trinajstić information content (AvgIpc) is 3.20. The van der Waals surface area contributed by atoms with Crippen LogP contribution in [0.3, 0.4) is 0 Å². The molecule has 1 saturated heterocycles. The van der Waals surface area contributed by atoms with E-state index in [1.807, 2.05) is 37.3 Å². The predicted octanol–water partition coefficient (Wildman–Crippen LogP) is 1.50. The zero-order chi connectivity index (χ0) is 22.4. The first-order chi connectivity index (χ1) is 14.8. The number of esters is 1. The molecule has 1 atom stereocenters. The van der Waals surface area contributed by atoms with Crippen molar-refractivity contribution in [1.29, 1.82) is 0 Å². The lowest BCUT2D eigenvalue weighted by molar-refractivity contribution is -0.135. The molecule has 0 radical (unpaired) electrons. The molecule has 1 amide bonds. The molecule has 2 heterocycles. The van der Waals surface area contributed by atoms with Crippen LogP contribution in [0.1, 0.15) is 39.5 Å². The fourth-order valence-corrected chi connectivity index (χ4v) is 5.27. The Bertz CT molecular complexity index is 911. The normalized spacial score (nSPS) is 19.9. The third-order valence-corrected chi connectivity index (χ3v) is 6.99. The minimum absolute atomic E-state index is 0.105. The molecule has 0 aromatic heterocycles. The van der Waals surface area contributed by atoms with E-state index in [1.54, 1.807) is 16.8 Å². The molecule has 1 fully saturated rings. The maximum atomic E-state index is 13.3. The monoisotopic (exact) mass is 450 g/mol. The van der Waals surface area contributed by atoms with Gasteiger partial charge in [0.1, 0.15) is 11.8 Å². The second-order valence-corrected chi connectivity index (χ2v) is 9.58. The molecule has 0 spiro atoms. The van der Waals surface area contributed by atoms with Gasteiger partial charge >= 0.3 is 5.97 Å². The van der Waals surface area contributed by atoms with Crippen LogP contribution in [0.15, 0.2) is 35.4 Å². The fraction of sp³-hybridized carbons (Fsp3) is 0.571. The van der Waals surface area contributed by atoms with E-state index < -0.39 is 22.0 Å². The summed E-state index contributed by atoms with van der Waals surface area (Å²) in [5, 5.41) is 5.98. The van der Waals surface area contributed by atoms with E-state index >= 15 is 0 Å². The molecule has 1 N–H and O–H groups in total. The standard InChI is InChI=1S/C21H30N4O5S/c1-3-14-31(28,29)23-16-10-12-24(13-11-16)20(26)19-15-18(21(27)30-4-2)22-25(19)17-8-6-5-7-9-17/h5-9,16,19,23H,3-4,10-15H2,1-2H3. The van der Waals surface area contributed by atoms with Crippen molar-refractivity contribution in [2.75, 3.05) is 30.5 Å². The van der Waals surface area contributed by atoms with Crippen LogP contribution in [0, 0.1) is 0 Å². The van der Waals surface area contributed by atoms with Gasteiger partial charge in [-0.1, -0.05) is 25.1 Å². The molecule has 1 unspecified atom stereocenters. The van der Waals surface area contributed by atoms with Gasteiger partial charge in [0.25, 0.3) is 0 Å². The number of benzene rings is 1. The maximum Gasteiger partial charge on any atom is 0.354 e. The SMILES string of the molecule is CCCS(=O)(=O)NC1CCN(C(=O)C2CC(C(=O)OCC)=NN2c2ccccc2)CC1. The van der Waals surface area contributed by atoms with E-state index in [9.17, 15) is 18.0 Å². The number of carbonyl (C=O) groups is 2. The lowest BCUT2D eigenvalue weighted by atomic mass is 10.0. The molecule has 0 aliphatic carbocycles. The Morgan fingerprint density at radius 1 is 1.16 bits per heavy atom. The van der Waals surface area contributed by atoms with Crippen LogP contribution in [0.2, 0.25) is 0 Å². The topological polar surface area (TPSA) is 108 Å². The highest BCUT2D eigenvalue weighted by atomic mass is 32.2. The van der Waals surface area contributed by atoms with Gasteiger partial charge in [-0.25, -0.2) is 17.9 Å². The molecular weight excluding hydrogens is 420 g/mol. The van der Waals surface area contributed by atoms with Crippen molar-refractivity contribution in [1.82, 2.24) is 9.62 Å². The lowest BCUT2D eigenvalue weighted by Gasteiger charge is -2.35. The first-order valence-electron chi connectivity index (χ1n) is 10.7. The van der Waals surface area contributed by atoms with Crippen molar-refractivity contribution in [3.63, 3.8) is 0 Å². The number of rotatable bonds is 8. The molecule has 1 aromatic rings. The van der Waals surface area contributed by atoms with Crippen LogP contribution in [-0.2, 0) is 24.3 Å². The molecular formula is C21H30N4O5S. The Morgan fingerprint density at radius 3 is 2.45 bits per heavy atom. The number of ether oxygens (including phenoxy) is 1. The number of nitrogens with one attached hydrogen (secondary N) is 1. The Morgan fingerprint density at radius 2 is 1.84 bits per heavy atom. The third-order valence-electron chi connectivity index (χ3n) is 5.35. The minimum atomic E-state index is -3.28. The van der Waals surface area contributed by atoms with Gasteiger partial charge in [-0.2, -0.15) is 5.10 Å². The van der Waals surface area contributed by atoms with Gasteiger partial charge in [-0.3, -0.25) is 9.80 Å². The highest BCUT2D eigenvalue weighted by Crippen LogP contribution is 2.27. The number of hydrazone groups is 1. The van der Waals surface area contributed by atoms with Crippen LogP contribution >= 0.6 is 0 Å². The van der Waals surface area contributed by atoms with Crippen molar-refractivity contribution in [3.8, 4) is 0 Å². The number of hydrogen-bond donors (Lipinski definition) is 1. The molecule has 2 aliphatic rings. The van der Waals surface area contributed by atoms with Gasteiger partial charge in [0.05, 0.1) is 18.0 Å². The van der Waals surface area contributed by atoms with Crippen LogP contribution < -0.4 is 9.73 Å². The van der Waals surface area contributed by atoms with Crippen molar-refractivity contribution < 1.29 is 22.7 Å². The Kier molecular flexibility index (Phi) is 7.66. The Balaban J connectivity index is 1.68. The van der Waals surface area contributed by atoms with E-state index in [-0.39, 0.29) is 36.4 Å². The molecule has 9 nitrogen and oxygen atoms in total. The fourth-order valence-electron chi connectivity index (χ4n) is 3.87. The maximum absolute atomic E-state index is 13.3. The third kappa shape index (κ3) is 5.82. The summed E-state index contributed by atoms with van der Waals surface area (Å²) >= 11 is 0. The molecule has 31 heavy (non-hydrogen) atoms. The van der Waals surface area contributed by atoms with Gasteiger partial charge in [0.15, 0.2) is 0 Å². The van der Waals surface area contributed by atoms with Gasteiger partial charge in [0, 0.05) is 25.6 Å². The predicted molar refractivity (Wildman–Crippen MR) is 118 cm³/mol. The van der Waals surface area contributed by atoms with Gasteiger partial charge in [-0.15, -0.1) is 0 Å². The number of carbonyl (C=O) groups excluding carboxylic acids is 2. The van der Waals surface area contributed by atoms with Gasteiger partial charge in [-0.05, 0) is 38.3 Å². The summed E-state index contributed by atoms with van der Waals surface area (Å²) in [4.78, 5) is 27.3. The van der Waals surface area contributed by atoms with E-state index in [0.29, 0.717) is 32.4 Å².